The minimum Gasteiger partial charge on any atom is -0.493 e. The quantitative estimate of drug-likeness (QED) is 0.683. The molecule has 2 heterocycles. The van der Waals surface area contributed by atoms with E-state index in [0.29, 0.717) is 18.1 Å². The fourth-order valence-corrected chi connectivity index (χ4v) is 3.83. The molecule has 3 rings (SSSR count). The summed E-state index contributed by atoms with van der Waals surface area (Å²) < 4.78 is 10.9. The summed E-state index contributed by atoms with van der Waals surface area (Å²) in [7, 11) is 1.62. The Labute approximate surface area is 164 Å². The fourth-order valence-electron chi connectivity index (χ4n) is 3.08. The highest BCUT2D eigenvalue weighted by molar-refractivity contribution is 7.09. The Kier molecular flexibility index (Phi) is 6.90. The van der Waals surface area contributed by atoms with Crippen LogP contribution in [0, 0.1) is 0 Å². The van der Waals surface area contributed by atoms with Gasteiger partial charge in [0.2, 0.25) is 5.91 Å². The Bertz CT molecular complexity index is 766. The Hall–Kier alpha value is -2.31. The second-order valence-corrected chi connectivity index (χ2v) is 7.39. The number of ether oxygens (including phenoxy) is 2. The SMILES string of the molecule is CCOc1ccc(/C=C/C(=O)N2CCN(Cc3cccs3)CC2)cc1OC. The van der Waals surface area contributed by atoms with Crippen LogP contribution in [-0.2, 0) is 11.3 Å². The minimum absolute atomic E-state index is 0.0543. The third-order valence-corrected chi connectivity index (χ3v) is 5.41. The molecule has 6 heteroatoms. The molecule has 2 aromatic rings. The van der Waals surface area contributed by atoms with E-state index >= 15 is 0 Å². The number of benzene rings is 1. The van der Waals surface area contributed by atoms with Gasteiger partial charge in [-0.15, -0.1) is 11.3 Å². The van der Waals surface area contributed by atoms with Crippen LogP contribution in [0.4, 0.5) is 0 Å². The standard InChI is InChI=1S/C21H26N2O3S/c1-3-26-19-8-6-17(15-20(19)25-2)7-9-21(24)23-12-10-22(11-13-23)16-18-5-4-14-27-18/h4-9,14-15H,3,10-13,16H2,1-2H3/b9-7+. The smallest absolute Gasteiger partial charge is 0.246 e. The van der Waals surface area contributed by atoms with Crippen LogP contribution in [0.5, 0.6) is 11.5 Å². The van der Waals surface area contributed by atoms with E-state index in [1.807, 2.05) is 36.1 Å². The summed E-state index contributed by atoms with van der Waals surface area (Å²) in [5.74, 6) is 1.44. The summed E-state index contributed by atoms with van der Waals surface area (Å²) in [5, 5.41) is 2.11. The highest BCUT2D eigenvalue weighted by atomic mass is 32.1. The predicted molar refractivity (Wildman–Crippen MR) is 109 cm³/mol. The van der Waals surface area contributed by atoms with Gasteiger partial charge in [0.15, 0.2) is 11.5 Å². The average molecular weight is 387 g/mol. The molecule has 1 aromatic heterocycles. The normalized spacial score (nSPS) is 15.3. The molecule has 0 radical (unpaired) electrons. The second-order valence-electron chi connectivity index (χ2n) is 6.36. The number of hydrogen-bond acceptors (Lipinski definition) is 5. The first-order chi connectivity index (χ1) is 13.2. The van der Waals surface area contributed by atoms with Gasteiger partial charge in [0.1, 0.15) is 0 Å². The topological polar surface area (TPSA) is 42.0 Å². The zero-order valence-corrected chi connectivity index (χ0v) is 16.7. The molecule has 0 N–H and O–H groups in total. The molecule has 5 nitrogen and oxygen atoms in total. The van der Waals surface area contributed by atoms with Crippen molar-refractivity contribution in [1.82, 2.24) is 9.80 Å². The molecular weight excluding hydrogens is 360 g/mol. The van der Waals surface area contributed by atoms with Crippen molar-refractivity contribution in [3.63, 3.8) is 0 Å². The van der Waals surface area contributed by atoms with Crippen molar-refractivity contribution in [3.05, 3.63) is 52.2 Å². The van der Waals surface area contributed by atoms with Crippen molar-refractivity contribution in [3.8, 4) is 11.5 Å². The number of carbonyl (C=O) groups is 1. The van der Waals surface area contributed by atoms with E-state index in [2.05, 4.69) is 22.4 Å². The van der Waals surface area contributed by atoms with E-state index < -0.39 is 0 Å². The lowest BCUT2D eigenvalue weighted by Gasteiger charge is -2.34. The van der Waals surface area contributed by atoms with E-state index in [4.69, 9.17) is 9.47 Å². The number of amides is 1. The number of hydrogen-bond donors (Lipinski definition) is 0. The molecule has 0 spiro atoms. The van der Waals surface area contributed by atoms with Gasteiger partial charge in [-0.25, -0.2) is 0 Å². The van der Waals surface area contributed by atoms with Crippen molar-refractivity contribution in [2.24, 2.45) is 0 Å². The maximum Gasteiger partial charge on any atom is 0.246 e. The Morgan fingerprint density at radius 2 is 2.00 bits per heavy atom. The summed E-state index contributed by atoms with van der Waals surface area (Å²) in [6.45, 7) is 6.85. The lowest BCUT2D eigenvalue weighted by Crippen LogP contribution is -2.47. The number of methoxy groups -OCH3 is 1. The van der Waals surface area contributed by atoms with Crippen molar-refractivity contribution < 1.29 is 14.3 Å². The first kappa shape index (κ1) is 19.5. The summed E-state index contributed by atoms with van der Waals surface area (Å²) >= 11 is 1.78. The number of nitrogens with zero attached hydrogens (tertiary/aromatic N) is 2. The number of piperazine rings is 1. The molecule has 1 aromatic carbocycles. The molecule has 0 bridgehead atoms. The number of carbonyl (C=O) groups excluding carboxylic acids is 1. The molecule has 0 saturated carbocycles. The van der Waals surface area contributed by atoms with E-state index in [0.717, 1.165) is 38.3 Å². The van der Waals surface area contributed by atoms with Gasteiger partial charge in [0.05, 0.1) is 13.7 Å². The monoisotopic (exact) mass is 386 g/mol. The summed E-state index contributed by atoms with van der Waals surface area (Å²) in [5.41, 5.74) is 0.917. The largest absolute Gasteiger partial charge is 0.493 e. The van der Waals surface area contributed by atoms with Crippen molar-refractivity contribution in [1.29, 1.82) is 0 Å². The Morgan fingerprint density at radius 1 is 1.19 bits per heavy atom. The van der Waals surface area contributed by atoms with Gasteiger partial charge in [-0.05, 0) is 42.1 Å². The second kappa shape index (κ2) is 9.58. The summed E-state index contributed by atoms with van der Waals surface area (Å²) in [6.07, 6.45) is 3.47. The van der Waals surface area contributed by atoms with Gasteiger partial charge in [-0.1, -0.05) is 12.1 Å². The van der Waals surface area contributed by atoms with Crippen LogP contribution in [0.15, 0.2) is 41.8 Å². The van der Waals surface area contributed by atoms with Crippen LogP contribution >= 0.6 is 11.3 Å². The molecule has 1 saturated heterocycles. The minimum atomic E-state index is 0.0543. The highest BCUT2D eigenvalue weighted by Gasteiger charge is 2.19. The zero-order chi connectivity index (χ0) is 19.1. The Morgan fingerprint density at radius 3 is 2.67 bits per heavy atom. The lowest BCUT2D eigenvalue weighted by atomic mass is 10.2. The van der Waals surface area contributed by atoms with Crippen molar-refractivity contribution >= 4 is 23.3 Å². The molecule has 1 aliphatic heterocycles. The molecule has 144 valence electrons. The molecule has 1 aliphatic rings. The maximum absolute atomic E-state index is 12.5. The van der Waals surface area contributed by atoms with Gasteiger partial charge in [-0.2, -0.15) is 0 Å². The summed E-state index contributed by atoms with van der Waals surface area (Å²) in [6, 6.07) is 9.93. The van der Waals surface area contributed by atoms with Gasteiger partial charge < -0.3 is 14.4 Å². The molecule has 1 fully saturated rings. The molecule has 27 heavy (non-hydrogen) atoms. The van der Waals surface area contributed by atoms with Gasteiger partial charge >= 0.3 is 0 Å². The van der Waals surface area contributed by atoms with Crippen LogP contribution in [0.3, 0.4) is 0 Å². The first-order valence-corrected chi connectivity index (χ1v) is 10.1. The van der Waals surface area contributed by atoms with E-state index in [1.54, 1.807) is 24.5 Å². The molecule has 0 aliphatic carbocycles. The van der Waals surface area contributed by atoms with Gasteiger partial charge in [0.25, 0.3) is 0 Å². The molecule has 0 atom stereocenters. The van der Waals surface area contributed by atoms with Crippen molar-refractivity contribution in [2.45, 2.75) is 13.5 Å². The molecule has 1 amide bonds. The van der Waals surface area contributed by atoms with Crippen LogP contribution < -0.4 is 9.47 Å². The third kappa shape index (κ3) is 5.34. The van der Waals surface area contributed by atoms with Crippen molar-refractivity contribution in [2.75, 3.05) is 39.9 Å². The number of rotatable bonds is 7. The van der Waals surface area contributed by atoms with Gasteiger partial charge in [-0.3, -0.25) is 9.69 Å². The highest BCUT2D eigenvalue weighted by Crippen LogP contribution is 2.28. The lowest BCUT2D eigenvalue weighted by molar-refractivity contribution is -0.127. The predicted octanol–water partition coefficient (Wildman–Crippen LogP) is 3.51. The van der Waals surface area contributed by atoms with Crippen LogP contribution in [0.1, 0.15) is 17.4 Å². The zero-order valence-electron chi connectivity index (χ0n) is 15.9. The first-order valence-electron chi connectivity index (χ1n) is 9.22. The molecule has 0 unspecified atom stereocenters. The van der Waals surface area contributed by atoms with E-state index in [1.165, 1.54) is 4.88 Å². The van der Waals surface area contributed by atoms with E-state index in [9.17, 15) is 4.79 Å². The fraction of sp³-hybridized carbons (Fsp3) is 0.381. The van der Waals surface area contributed by atoms with Crippen LogP contribution in [-0.4, -0.2) is 55.6 Å². The maximum atomic E-state index is 12.5. The van der Waals surface area contributed by atoms with Crippen LogP contribution in [0.2, 0.25) is 0 Å². The van der Waals surface area contributed by atoms with E-state index in [-0.39, 0.29) is 5.91 Å². The summed E-state index contributed by atoms with van der Waals surface area (Å²) in [4.78, 5) is 18.2. The van der Waals surface area contributed by atoms with Crippen LogP contribution in [0.25, 0.3) is 6.08 Å². The third-order valence-electron chi connectivity index (χ3n) is 4.55. The average Bonchev–Trinajstić information content (AvgIpc) is 3.20. The van der Waals surface area contributed by atoms with Gasteiger partial charge in [0, 0.05) is 43.7 Å². The molecular formula is C21H26N2O3S. The number of thiophene rings is 1. The Balaban J connectivity index is 1.53.